The van der Waals surface area contributed by atoms with Crippen molar-refractivity contribution in [3.63, 3.8) is 0 Å². The van der Waals surface area contributed by atoms with Crippen LogP contribution in [0.5, 0.6) is 0 Å². The largest absolute Gasteiger partial charge is 1.00 e. The van der Waals surface area contributed by atoms with Crippen molar-refractivity contribution in [2.75, 3.05) is 5.75 Å². The molecule has 0 saturated carbocycles. The molecule has 1 rings (SSSR count). The molecule has 7 heteroatoms. The van der Waals surface area contributed by atoms with Gasteiger partial charge >= 0.3 is 29.6 Å². The Hall–Kier alpha value is -0.450. The molecule has 0 amide bonds. The zero-order valence-corrected chi connectivity index (χ0v) is 11.4. The zero-order chi connectivity index (χ0) is 11.5. The summed E-state index contributed by atoms with van der Waals surface area (Å²) in [5.74, 6) is -1.16. The number of hydrogen-bond donors (Lipinski definition) is 0. The monoisotopic (exact) mass is 251 g/mol. The number of nitrogens with zero attached hydrogens (tertiary/aromatic N) is 1. The summed E-state index contributed by atoms with van der Waals surface area (Å²) >= 11 is 0. The summed E-state index contributed by atoms with van der Waals surface area (Å²) in [5, 5.41) is 8.63. The summed E-state index contributed by atoms with van der Waals surface area (Å²) in [6, 6.07) is 5.17. The van der Waals surface area contributed by atoms with Crippen molar-refractivity contribution < 1.29 is 46.9 Å². The molecule has 0 saturated heterocycles. The standard InChI is InChI=1S/C9H8FNO3S.Na/c10-9-2-1-7(8(5-9)6-11)3-4-15(12,13)14;/h1-2,5H,3-4H2,(H,12,13,14);/q;+1/p-1. The van der Waals surface area contributed by atoms with Crippen molar-refractivity contribution >= 4 is 10.1 Å². The van der Waals surface area contributed by atoms with Crippen molar-refractivity contribution in [2.45, 2.75) is 6.42 Å². The van der Waals surface area contributed by atoms with Crippen molar-refractivity contribution in [1.29, 1.82) is 5.26 Å². The third-order valence-corrected chi connectivity index (χ3v) is 2.52. The van der Waals surface area contributed by atoms with E-state index < -0.39 is 21.7 Å². The molecule has 0 heterocycles. The first-order valence-corrected chi connectivity index (χ1v) is 5.62. The van der Waals surface area contributed by atoms with Crippen molar-refractivity contribution in [3.05, 3.63) is 35.1 Å². The van der Waals surface area contributed by atoms with Crippen LogP contribution in [-0.4, -0.2) is 18.7 Å². The van der Waals surface area contributed by atoms with E-state index in [0.29, 0.717) is 5.56 Å². The fourth-order valence-corrected chi connectivity index (χ4v) is 1.58. The molecule has 16 heavy (non-hydrogen) atoms. The summed E-state index contributed by atoms with van der Waals surface area (Å²) < 4.78 is 43.8. The van der Waals surface area contributed by atoms with Gasteiger partial charge in [-0.2, -0.15) is 5.26 Å². The molecule has 0 fully saturated rings. The van der Waals surface area contributed by atoms with Gasteiger partial charge in [-0.25, -0.2) is 12.8 Å². The molecule has 0 aliphatic rings. The van der Waals surface area contributed by atoms with E-state index in [2.05, 4.69) is 0 Å². The number of halogens is 1. The van der Waals surface area contributed by atoms with Crippen molar-refractivity contribution in [2.24, 2.45) is 0 Å². The van der Waals surface area contributed by atoms with Gasteiger partial charge in [-0.3, -0.25) is 0 Å². The van der Waals surface area contributed by atoms with E-state index in [9.17, 15) is 17.4 Å². The van der Waals surface area contributed by atoms with Gasteiger partial charge in [0.05, 0.1) is 21.8 Å². The van der Waals surface area contributed by atoms with E-state index in [-0.39, 0.29) is 41.5 Å². The van der Waals surface area contributed by atoms with E-state index in [1.807, 2.05) is 0 Å². The average Bonchev–Trinajstić information content (AvgIpc) is 2.14. The first-order chi connectivity index (χ1) is 6.92. The summed E-state index contributed by atoms with van der Waals surface area (Å²) in [7, 11) is -4.31. The second kappa shape index (κ2) is 6.33. The number of rotatable bonds is 3. The van der Waals surface area contributed by atoms with Crippen LogP contribution >= 0.6 is 0 Å². The van der Waals surface area contributed by atoms with Gasteiger partial charge in [0.1, 0.15) is 5.82 Å². The molecular weight excluding hydrogens is 244 g/mol. The number of aryl methyl sites for hydroxylation is 1. The Morgan fingerprint density at radius 3 is 2.56 bits per heavy atom. The molecule has 0 spiro atoms. The molecule has 0 N–H and O–H groups in total. The van der Waals surface area contributed by atoms with Crippen molar-refractivity contribution in [3.8, 4) is 6.07 Å². The zero-order valence-electron chi connectivity index (χ0n) is 8.60. The summed E-state index contributed by atoms with van der Waals surface area (Å²) in [4.78, 5) is 0. The molecular formula is C9H7FNNaO3S. The first kappa shape index (κ1) is 15.6. The van der Waals surface area contributed by atoms with Crippen LogP contribution in [0, 0.1) is 17.1 Å². The van der Waals surface area contributed by atoms with Gasteiger partial charge in [-0.1, -0.05) is 6.07 Å². The van der Waals surface area contributed by atoms with Gasteiger partial charge in [0.15, 0.2) is 0 Å². The molecule has 0 bridgehead atoms. The van der Waals surface area contributed by atoms with Crippen LogP contribution in [0.2, 0.25) is 0 Å². The number of nitriles is 1. The van der Waals surface area contributed by atoms with Gasteiger partial charge < -0.3 is 4.55 Å². The second-order valence-corrected chi connectivity index (χ2v) is 4.45. The molecule has 4 nitrogen and oxygen atoms in total. The smallest absolute Gasteiger partial charge is 0.748 e. The first-order valence-electron chi connectivity index (χ1n) is 4.04. The van der Waals surface area contributed by atoms with E-state index >= 15 is 0 Å². The maximum Gasteiger partial charge on any atom is 1.00 e. The van der Waals surface area contributed by atoms with Gasteiger partial charge in [0.25, 0.3) is 0 Å². The Bertz CT molecular complexity index is 510. The molecule has 80 valence electrons. The molecule has 1 aromatic carbocycles. The molecule has 0 radical (unpaired) electrons. The third-order valence-electron chi connectivity index (χ3n) is 1.81. The molecule has 0 aliphatic carbocycles. The molecule has 0 aliphatic heterocycles. The van der Waals surface area contributed by atoms with Crippen LogP contribution < -0.4 is 29.6 Å². The van der Waals surface area contributed by atoms with Gasteiger partial charge in [-0.15, -0.1) is 0 Å². The minimum Gasteiger partial charge on any atom is -0.748 e. The predicted molar refractivity (Wildman–Crippen MR) is 49.4 cm³/mol. The maximum absolute atomic E-state index is 12.7. The van der Waals surface area contributed by atoms with E-state index in [0.717, 1.165) is 12.1 Å². The Morgan fingerprint density at radius 2 is 2.06 bits per heavy atom. The Morgan fingerprint density at radius 1 is 1.44 bits per heavy atom. The van der Waals surface area contributed by atoms with Crippen LogP contribution in [-0.2, 0) is 16.5 Å². The summed E-state index contributed by atoms with van der Waals surface area (Å²) in [6.45, 7) is 0. The van der Waals surface area contributed by atoms with Gasteiger partial charge in [-0.05, 0) is 24.1 Å². The normalized spacial score (nSPS) is 10.3. The minimum absolute atomic E-state index is 0. The summed E-state index contributed by atoms with van der Waals surface area (Å²) in [5.41, 5.74) is 0.414. The van der Waals surface area contributed by atoms with Gasteiger partial charge in [0.2, 0.25) is 0 Å². The quantitative estimate of drug-likeness (QED) is 0.450. The van der Waals surface area contributed by atoms with Crippen LogP contribution in [0.3, 0.4) is 0 Å². The minimum atomic E-state index is -4.31. The fraction of sp³-hybridized carbons (Fsp3) is 0.222. The van der Waals surface area contributed by atoms with Crippen LogP contribution in [0.4, 0.5) is 4.39 Å². The van der Waals surface area contributed by atoms with E-state index in [1.54, 1.807) is 6.07 Å². The van der Waals surface area contributed by atoms with Crippen LogP contribution in [0.1, 0.15) is 11.1 Å². The number of benzene rings is 1. The molecule has 0 aromatic heterocycles. The maximum atomic E-state index is 12.7. The molecule has 0 atom stereocenters. The Kier molecular flexibility index (Phi) is 6.15. The Labute approximate surface area is 115 Å². The van der Waals surface area contributed by atoms with E-state index in [4.69, 9.17) is 5.26 Å². The average molecular weight is 251 g/mol. The van der Waals surface area contributed by atoms with Crippen LogP contribution in [0.25, 0.3) is 0 Å². The van der Waals surface area contributed by atoms with Crippen molar-refractivity contribution in [1.82, 2.24) is 0 Å². The van der Waals surface area contributed by atoms with Crippen LogP contribution in [0.15, 0.2) is 18.2 Å². The third kappa shape index (κ3) is 5.05. The molecule has 0 unspecified atom stereocenters. The van der Waals surface area contributed by atoms with Gasteiger partial charge in [0, 0.05) is 5.75 Å². The number of hydrogen-bond acceptors (Lipinski definition) is 4. The topological polar surface area (TPSA) is 81.0 Å². The van der Waals surface area contributed by atoms with E-state index in [1.165, 1.54) is 6.07 Å². The fourth-order valence-electron chi connectivity index (χ4n) is 1.11. The second-order valence-electron chi connectivity index (χ2n) is 2.93. The SMILES string of the molecule is N#Cc1cc(F)ccc1CCS(=O)(=O)[O-].[Na+]. The Balaban J connectivity index is 0.00000225. The summed E-state index contributed by atoms with van der Waals surface area (Å²) in [6.07, 6.45) is -0.0744. The predicted octanol–water partition coefficient (Wildman–Crippen LogP) is -2.21. The molecule has 1 aromatic rings.